The molecule has 4 heteroatoms. The molecule has 5 aromatic rings. The van der Waals surface area contributed by atoms with Crippen LogP contribution in [0.15, 0.2) is 84.9 Å². The molecule has 4 nitrogen and oxygen atoms in total. The van der Waals surface area contributed by atoms with Gasteiger partial charge in [-0.05, 0) is 53.2 Å². The molecule has 0 atom stereocenters. The Morgan fingerprint density at radius 3 is 2.52 bits per heavy atom. The van der Waals surface area contributed by atoms with Crippen molar-refractivity contribution >= 4 is 21.8 Å². The lowest BCUT2D eigenvalue weighted by atomic mass is 10.1. The third kappa shape index (κ3) is 3.41. The number of rotatable bonds is 5. The maximum absolute atomic E-state index is 6.08. The van der Waals surface area contributed by atoms with Crippen molar-refractivity contribution in [3.05, 3.63) is 90.5 Å². The second kappa shape index (κ2) is 7.32. The van der Waals surface area contributed by atoms with Crippen LogP contribution in [0.4, 0.5) is 0 Å². The highest BCUT2D eigenvalue weighted by Gasteiger charge is 2.10. The van der Waals surface area contributed by atoms with Crippen LogP contribution < -0.4 is 9.47 Å². The number of benzene rings is 4. The number of imidazole rings is 1. The quantitative estimate of drug-likeness (QED) is 0.408. The van der Waals surface area contributed by atoms with Crippen LogP contribution in [0.25, 0.3) is 33.2 Å². The van der Waals surface area contributed by atoms with Crippen LogP contribution in [0.2, 0.25) is 0 Å². The van der Waals surface area contributed by atoms with Gasteiger partial charge in [0.05, 0.1) is 18.1 Å². The van der Waals surface area contributed by atoms with Gasteiger partial charge in [0.1, 0.15) is 23.9 Å². The SMILES string of the molecule is COc1ccc(-c2nc3ccccc3[nH]2)cc1COc1ccc2ccccc2c1. The predicted octanol–water partition coefficient (Wildman–Crippen LogP) is 5.97. The van der Waals surface area contributed by atoms with Gasteiger partial charge in [0, 0.05) is 11.1 Å². The Balaban J connectivity index is 1.44. The fourth-order valence-electron chi connectivity index (χ4n) is 3.55. The molecule has 0 amide bonds. The smallest absolute Gasteiger partial charge is 0.138 e. The van der Waals surface area contributed by atoms with E-state index in [1.54, 1.807) is 7.11 Å². The molecule has 1 aromatic heterocycles. The molecule has 1 heterocycles. The van der Waals surface area contributed by atoms with Crippen molar-refractivity contribution < 1.29 is 9.47 Å². The van der Waals surface area contributed by atoms with Gasteiger partial charge in [-0.3, -0.25) is 0 Å². The molecule has 0 aliphatic rings. The van der Waals surface area contributed by atoms with Crippen molar-refractivity contribution in [3.8, 4) is 22.9 Å². The lowest BCUT2D eigenvalue weighted by Crippen LogP contribution is -1.99. The largest absolute Gasteiger partial charge is 0.496 e. The minimum atomic E-state index is 0.412. The average Bonchev–Trinajstić information content (AvgIpc) is 3.21. The molecule has 0 fully saturated rings. The Hall–Kier alpha value is -3.79. The van der Waals surface area contributed by atoms with E-state index >= 15 is 0 Å². The Morgan fingerprint density at radius 1 is 0.828 bits per heavy atom. The molecular weight excluding hydrogens is 360 g/mol. The monoisotopic (exact) mass is 380 g/mol. The van der Waals surface area contributed by atoms with Crippen LogP contribution in [0, 0.1) is 0 Å². The summed E-state index contributed by atoms with van der Waals surface area (Å²) in [4.78, 5) is 8.07. The van der Waals surface area contributed by atoms with E-state index in [0.29, 0.717) is 6.61 Å². The number of H-pyrrole nitrogens is 1. The van der Waals surface area contributed by atoms with Gasteiger partial charge in [0.15, 0.2) is 0 Å². The van der Waals surface area contributed by atoms with Crippen molar-refractivity contribution in [3.63, 3.8) is 0 Å². The third-order valence-corrected chi connectivity index (χ3v) is 5.06. The standard InChI is InChI=1S/C25H20N2O2/c1-28-24-13-11-19(25-26-22-8-4-5-9-23(22)27-25)14-20(24)16-29-21-12-10-17-6-2-3-7-18(17)15-21/h2-15H,16H2,1H3,(H,26,27). The summed E-state index contributed by atoms with van der Waals surface area (Å²) in [6.45, 7) is 0.412. The normalized spacial score (nSPS) is 11.1. The maximum atomic E-state index is 6.08. The van der Waals surface area contributed by atoms with Crippen molar-refractivity contribution in [2.45, 2.75) is 6.61 Å². The first-order valence-corrected chi connectivity index (χ1v) is 9.54. The van der Waals surface area contributed by atoms with Crippen molar-refractivity contribution in [1.29, 1.82) is 0 Å². The van der Waals surface area contributed by atoms with E-state index in [-0.39, 0.29) is 0 Å². The molecule has 29 heavy (non-hydrogen) atoms. The molecular formula is C25H20N2O2. The average molecular weight is 380 g/mol. The van der Waals surface area contributed by atoms with Gasteiger partial charge in [0.25, 0.3) is 0 Å². The zero-order valence-corrected chi connectivity index (χ0v) is 16.1. The second-order valence-electron chi connectivity index (χ2n) is 6.93. The van der Waals surface area contributed by atoms with Crippen LogP contribution in [0.3, 0.4) is 0 Å². The van der Waals surface area contributed by atoms with E-state index in [1.165, 1.54) is 5.39 Å². The van der Waals surface area contributed by atoms with E-state index in [2.05, 4.69) is 35.3 Å². The molecule has 0 spiro atoms. The van der Waals surface area contributed by atoms with E-state index in [1.807, 2.05) is 54.6 Å². The van der Waals surface area contributed by atoms with E-state index in [9.17, 15) is 0 Å². The molecule has 0 saturated carbocycles. The summed E-state index contributed by atoms with van der Waals surface area (Å²) in [6, 6.07) is 28.4. The number of nitrogens with one attached hydrogen (secondary N) is 1. The van der Waals surface area contributed by atoms with Gasteiger partial charge in [-0.15, -0.1) is 0 Å². The zero-order chi connectivity index (χ0) is 19.6. The lowest BCUT2D eigenvalue weighted by Gasteiger charge is -2.12. The Morgan fingerprint density at radius 2 is 1.66 bits per heavy atom. The number of hydrogen-bond donors (Lipinski definition) is 1. The van der Waals surface area contributed by atoms with E-state index in [0.717, 1.165) is 44.9 Å². The molecule has 1 N–H and O–H groups in total. The van der Waals surface area contributed by atoms with Crippen LogP contribution in [-0.4, -0.2) is 17.1 Å². The molecule has 142 valence electrons. The van der Waals surface area contributed by atoms with E-state index in [4.69, 9.17) is 14.5 Å². The highest BCUT2D eigenvalue weighted by atomic mass is 16.5. The van der Waals surface area contributed by atoms with Crippen molar-refractivity contribution in [2.75, 3.05) is 7.11 Å². The van der Waals surface area contributed by atoms with Gasteiger partial charge in [0.2, 0.25) is 0 Å². The van der Waals surface area contributed by atoms with Crippen molar-refractivity contribution in [1.82, 2.24) is 9.97 Å². The van der Waals surface area contributed by atoms with Crippen LogP contribution in [-0.2, 0) is 6.61 Å². The highest BCUT2D eigenvalue weighted by Crippen LogP contribution is 2.28. The number of ether oxygens (including phenoxy) is 2. The Kier molecular flexibility index (Phi) is 4.37. The highest BCUT2D eigenvalue weighted by molar-refractivity contribution is 5.83. The number of para-hydroxylation sites is 2. The summed E-state index contributed by atoms with van der Waals surface area (Å²) in [5.41, 5.74) is 3.94. The van der Waals surface area contributed by atoms with Gasteiger partial charge < -0.3 is 14.5 Å². The molecule has 0 saturated heterocycles. The molecule has 0 aliphatic carbocycles. The molecule has 0 unspecified atom stereocenters. The lowest BCUT2D eigenvalue weighted by molar-refractivity contribution is 0.297. The zero-order valence-electron chi connectivity index (χ0n) is 16.1. The Labute approximate surface area is 168 Å². The summed E-state index contributed by atoms with van der Waals surface area (Å²) in [5.74, 6) is 2.46. The molecule has 5 rings (SSSR count). The summed E-state index contributed by atoms with van der Waals surface area (Å²) in [7, 11) is 1.68. The number of nitrogens with zero attached hydrogens (tertiary/aromatic N) is 1. The summed E-state index contributed by atoms with van der Waals surface area (Å²) < 4.78 is 11.6. The van der Waals surface area contributed by atoms with Gasteiger partial charge in [-0.1, -0.05) is 42.5 Å². The van der Waals surface area contributed by atoms with Gasteiger partial charge in [-0.2, -0.15) is 0 Å². The first-order valence-electron chi connectivity index (χ1n) is 9.54. The maximum Gasteiger partial charge on any atom is 0.138 e. The Bertz CT molecular complexity index is 1270. The molecule has 4 aromatic carbocycles. The van der Waals surface area contributed by atoms with Gasteiger partial charge in [-0.25, -0.2) is 4.98 Å². The topological polar surface area (TPSA) is 47.1 Å². The van der Waals surface area contributed by atoms with E-state index < -0.39 is 0 Å². The van der Waals surface area contributed by atoms with Crippen LogP contribution in [0.1, 0.15) is 5.56 Å². The fourth-order valence-corrected chi connectivity index (χ4v) is 3.55. The summed E-state index contributed by atoms with van der Waals surface area (Å²) in [6.07, 6.45) is 0. The predicted molar refractivity (Wildman–Crippen MR) is 116 cm³/mol. The third-order valence-electron chi connectivity index (χ3n) is 5.06. The summed E-state index contributed by atoms with van der Waals surface area (Å²) >= 11 is 0. The number of aromatic amines is 1. The minimum Gasteiger partial charge on any atom is -0.496 e. The van der Waals surface area contributed by atoms with Crippen molar-refractivity contribution in [2.24, 2.45) is 0 Å². The summed E-state index contributed by atoms with van der Waals surface area (Å²) in [5, 5.41) is 2.36. The first-order chi connectivity index (χ1) is 14.3. The number of methoxy groups -OCH3 is 1. The van der Waals surface area contributed by atoms with Gasteiger partial charge >= 0.3 is 0 Å². The number of fused-ring (bicyclic) bond motifs is 2. The number of aromatic nitrogens is 2. The fraction of sp³-hybridized carbons (Fsp3) is 0.0800. The van der Waals surface area contributed by atoms with Crippen LogP contribution in [0.5, 0.6) is 11.5 Å². The molecule has 0 aliphatic heterocycles. The molecule has 0 radical (unpaired) electrons. The first kappa shape index (κ1) is 17.3. The number of hydrogen-bond acceptors (Lipinski definition) is 3. The molecule has 0 bridgehead atoms. The second-order valence-corrected chi connectivity index (χ2v) is 6.93. The minimum absolute atomic E-state index is 0.412. The van der Waals surface area contributed by atoms with Crippen LogP contribution >= 0.6 is 0 Å².